The molecular formula is C12H14ClN3O3S. The van der Waals surface area contributed by atoms with Gasteiger partial charge in [-0.15, -0.1) is 0 Å². The maximum atomic E-state index is 12.3. The molecule has 2 aromatic heterocycles. The summed E-state index contributed by atoms with van der Waals surface area (Å²) in [6, 6.07) is 1.54. The number of hydrogen-bond donors (Lipinski definition) is 3. The molecule has 0 radical (unpaired) electrons. The molecule has 0 aliphatic heterocycles. The predicted molar refractivity (Wildman–Crippen MR) is 75.1 cm³/mol. The number of nitrogens with zero attached hydrogens (tertiary/aromatic N) is 1. The molecule has 0 atom stereocenters. The normalized spacial score (nSPS) is 18.1. The molecule has 0 saturated heterocycles. The zero-order chi connectivity index (χ0) is 14.4. The lowest BCUT2D eigenvalue weighted by Crippen LogP contribution is -2.47. The molecule has 1 aliphatic carbocycles. The third-order valence-corrected chi connectivity index (χ3v) is 5.39. The number of aromatic amines is 1. The quantitative estimate of drug-likeness (QED) is 0.795. The zero-order valence-corrected chi connectivity index (χ0v) is 12.1. The number of aromatic nitrogens is 2. The molecule has 1 aliphatic rings. The zero-order valence-electron chi connectivity index (χ0n) is 10.6. The fourth-order valence-corrected chi connectivity index (χ4v) is 3.88. The smallest absolute Gasteiger partial charge is 0.242 e. The number of fused-ring (bicyclic) bond motifs is 1. The topological polar surface area (TPSA) is 95.1 Å². The molecule has 3 rings (SSSR count). The number of H-pyrrole nitrogens is 1. The van der Waals surface area contributed by atoms with Gasteiger partial charge in [0.1, 0.15) is 10.5 Å². The third-order valence-electron chi connectivity index (χ3n) is 3.65. The number of rotatable bonds is 4. The van der Waals surface area contributed by atoms with Gasteiger partial charge in [0, 0.05) is 18.9 Å². The first kappa shape index (κ1) is 13.8. The number of sulfonamides is 1. The lowest BCUT2D eigenvalue weighted by atomic mass is 9.81. The van der Waals surface area contributed by atoms with Crippen molar-refractivity contribution in [3.05, 3.63) is 23.5 Å². The molecule has 3 N–H and O–H groups in total. The number of halogens is 1. The lowest BCUT2D eigenvalue weighted by molar-refractivity contribution is -0.0270. The van der Waals surface area contributed by atoms with Crippen molar-refractivity contribution in [1.82, 2.24) is 14.7 Å². The molecule has 0 aromatic carbocycles. The van der Waals surface area contributed by atoms with Crippen LogP contribution in [0.25, 0.3) is 11.0 Å². The van der Waals surface area contributed by atoms with Gasteiger partial charge < -0.3 is 10.1 Å². The van der Waals surface area contributed by atoms with E-state index in [2.05, 4.69) is 14.7 Å². The summed E-state index contributed by atoms with van der Waals surface area (Å²) >= 11 is 6.04. The first-order chi connectivity index (χ1) is 9.41. The van der Waals surface area contributed by atoms with E-state index >= 15 is 0 Å². The van der Waals surface area contributed by atoms with E-state index in [1.165, 1.54) is 18.5 Å². The summed E-state index contributed by atoms with van der Waals surface area (Å²) in [5.41, 5.74) is -0.499. The van der Waals surface area contributed by atoms with Gasteiger partial charge in [-0.2, -0.15) is 0 Å². The first-order valence-corrected chi connectivity index (χ1v) is 8.11. The van der Waals surface area contributed by atoms with Crippen LogP contribution >= 0.6 is 11.6 Å². The van der Waals surface area contributed by atoms with Crippen molar-refractivity contribution >= 4 is 32.7 Å². The Balaban J connectivity index is 1.93. The molecule has 8 heteroatoms. The Labute approximate surface area is 121 Å². The van der Waals surface area contributed by atoms with Crippen LogP contribution in [0.4, 0.5) is 0 Å². The second-order valence-corrected chi connectivity index (χ2v) is 7.21. The van der Waals surface area contributed by atoms with Crippen molar-refractivity contribution < 1.29 is 13.5 Å². The molecule has 1 fully saturated rings. The second kappa shape index (κ2) is 4.70. The Morgan fingerprint density at radius 2 is 2.25 bits per heavy atom. The van der Waals surface area contributed by atoms with E-state index in [0.29, 0.717) is 28.9 Å². The van der Waals surface area contributed by atoms with E-state index in [1.807, 2.05) is 0 Å². The van der Waals surface area contributed by atoms with E-state index in [-0.39, 0.29) is 11.4 Å². The van der Waals surface area contributed by atoms with Gasteiger partial charge in [-0.3, -0.25) is 0 Å². The molecule has 0 bridgehead atoms. The van der Waals surface area contributed by atoms with Crippen LogP contribution in [0.3, 0.4) is 0 Å². The van der Waals surface area contributed by atoms with Gasteiger partial charge in [0.15, 0.2) is 0 Å². The third kappa shape index (κ3) is 2.31. The molecule has 2 aromatic rings. The fourth-order valence-electron chi connectivity index (χ4n) is 2.27. The highest BCUT2D eigenvalue weighted by molar-refractivity contribution is 7.89. The Hall–Kier alpha value is -1.15. The average Bonchev–Trinajstić information content (AvgIpc) is 2.80. The van der Waals surface area contributed by atoms with Crippen LogP contribution in [0.15, 0.2) is 23.4 Å². The summed E-state index contributed by atoms with van der Waals surface area (Å²) in [4.78, 5) is 6.86. The van der Waals surface area contributed by atoms with E-state index in [9.17, 15) is 13.5 Å². The van der Waals surface area contributed by atoms with Crippen molar-refractivity contribution in [3.8, 4) is 0 Å². The minimum absolute atomic E-state index is 0.0138. The molecule has 2 heterocycles. The van der Waals surface area contributed by atoms with E-state index in [0.717, 1.165) is 6.42 Å². The molecule has 0 spiro atoms. The van der Waals surface area contributed by atoms with Gasteiger partial charge in [-0.1, -0.05) is 11.6 Å². The summed E-state index contributed by atoms with van der Waals surface area (Å²) in [5, 5.41) is 10.6. The molecule has 20 heavy (non-hydrogen) atoms. The maximum Gasteiger partial charge on any atom is 0.242 e. The summed E-state index contributed by atoms with van der Waals surface area (Å²) < 4.78 is 27.1. The van der Waals surface area contributed by atoms with Crippen LogP contribution in [0, 0.1) is 0 Å². The summed E-state index contributed by atoms with van der Waals surface area (Å²) in [5.74, 6) is 0. The molecular weight excluding hydrogens is 302 g/mol. The maximum absolute atomic E-state index is 12.3. The average molecular weight is 316 g/mol. The lowest BCUT2D eigenvalue weighted by Gasteiger charge is -2.36. The van der Waals surface area contributed by atoms with Gasteiger partial charge in [-0.05, 0) is 25.3 Å². The molecule has 0 unspecified atom stereocenters. The standard InChI is InChI=1S/C12H14ClN3O3S/c13-8-2-5-14-11-10(8)9(6-15-11)20(18,19)16-7-12(17)3-1-4-12/h2,5-6,16-17H,1,3-4,7H2,(H,14,15). The van der Waals surface area contributed by atoms with Gasteiger partial charge in [0.05, 0.1) is 16.0 Å². The van der Waals surface area contributed by atoms with Crippen molar-refractivity contribution in [2.45, 2.75) is 29.8 Å². The number of aliphatic hydroxyl groups is 1. The Morgan fingerprint density at radius 1 is 1.50 bits per heavy atom. The molecule has 0 amide bonds. The van der Waals surface area contributed by atoms with Crippen LogP contribution < -0.4 is 4.72 Å². The van der Waals surface area contributed by atoms with E-state index < -0.39 is 15.6 Å². The monoisotopic (exact) mass is 315 g/mol. The predicted octanol–water partition coefficient (Wildman–Crippen LogP) is 1.41. The SMILES string of the molecule is O=S(=O)(NCC1(O)CCC1)c1c[nH]c2nccc(Cl)c12. The van der Waals surface area contributed by atoms with E-state index in [4.69, 9.17) is 11.6 Å². The number of hydrogen-bond acceptors (Lipinski definition) is 4. The van der Waals surface area contributed by atoms with Crippen molar-refractivity contribution in [2.75, 3.05) is 6.54 Å². The van der Waals surface area contributed by atoms with Gasteiger partial charge in [0.25, 0.3) is 0 Å². The fraction of sp³-hybridized carbons (Fsp3) is 0.417. The van der Waals surface area contributed by atoms with Crippen LogP contribution in [-0.2, 0) is 10.0 Å². The largest absolute Gasteiger partial charge is 0.389 e. The highest BCUT2D eigenvalue weighted by Crippen LogP contribution is 2.32. The number of nitrogens with one attached hydrogen (secondary N) is 2. The Kier molecular flexibility index (Phi) is 3.24. The Morgan fingerprint density at radius 3 is 2.90 bits per heavy atom. The van der Waals surface area contributed by atoms with Crippen LogP contribution in [-0.4, -0.2) is 35.6 Å². The Bertz CT molecular complexity index is 752. The van der Waals surface area contributed by atoms with Crippen molar-refractivity contribution in [1.29, 1.82) is 0 Å². The van der Waals surface area contributed by atoms with Crippen LogP contribution in [0.5, 0.6) is 0 Å². The summed E-state index contributed by atoms with van der Waals surface area (Å²) in [6.45, 7) is 0.0138. The second-order valence-electron chi connectivity index (χ2n) is 5.07. The van der Waals surface area contributed by atoms with Crippen molar-refractivity contribution in [3.63, 3.8) is 0 Å². The molecule has 108 valence electrons. The van der Waals surface area contributed by atoms with Gasteiger partial charge in [-0.25, -0.2) is 18.1 Å². The minimum Gasteiger partial charge on any atom is -0.389 e. The van der Waals surface area contributed by atoms with Gasteiger partial charge >= 0.3 is 0 Å². The summed E-state index contributed by atoms with van der Waals surface area (Å²) in [7, 11) is -3.74. The molecule has 1 saturated carbocycles. The summed E-state index contributed by atoms with van der Waals surface area (Å²) in [6.07, 6.45) is 5.01. The molecule has 6 nitrogen and oxygen atoms in total. The highest BCUT2D eigenvalue weighted by Gasteiger charge is 2.36. The number of pyridine rings is 1. The van der Waals surface area contributed by atoms with Gasteiger partial charge in [0.2, 0.25) is 10.0 Å². The van der Waals surface area contributed by atoms with Crippen molar-refractivity contribution in [2.24, 2.45) is 0 Å². The van der Waals surface area contributed by atoms with E-state index in [1.54, 1.807) is 0 Å². The first-order valence-electron chi connectivity index (χ1n) is 6.25. The van der Waals surface area contributed by atoms with Crippen LogP contribution in [0.1, 0.15) is 19.3 Å². The van der Waals surface area contributed by atoms with Crippen LogP contribution in [0.2, 0.25) is 5.02 Å². The minimum atomic E-state index is -3.74. The highest BCUT2D eigenvalue weighted by atomic mass is 35.5.